The second-order valence-corrected chi connectivity index (χ2v) is 6.34. The van der Waals surface area contributed by atoms with Gasteiger partial charge in [0.2, 0.25) is 0 Å². The van der Waals surface area contributed by atoms with Crippen LogP contribution in [-0.2, 0) is 0 Å². The molecule has 1 aromatic heterocycles. The number of fused-ring (bicyclic) bond motifs is 2. The molecule has 2 aliphatic heterocycles. The summed E-state index contributed by atoms with van der Waals surface area (Å²) < 4.78 is 5.75. The summed E-state index contributed by atoms with van der Waals surface area (Å²) in [5, 5.41) is 11.5. The highest BCUT2D eigenvalue weighted by Gasteiger charge is 2.32. The fourth-order valence-corrected chi connectivity index (χ4v) is 4.12. The Morgan fingerprint density at radius 2 is 2.29 bits per heavy atom. The third kappa shape index (κ3) is 2.08. The van der Waals surface area contributed by atoms with Crippen LogP contribution >= 0.6 is 11.8 Å². The highest BCUT2D eigenvalue weighted by atomic mass is 32.2. The average Bonchev–Trinajstić information content (AvgIpc) is 3.10. The molecule has 3 heterocycles. The molecule has 0 aliphatic carbocycles. The number of aliphatic imine (C=N–C) groups is 1. The SMILES string of the molecule is Cc1cc2ccc(C3=C(CCO)SC4=NCCN43)cc2o1. The van der Waals surface area contributed by atoms with Crippen molar-refractivity contribution >= 4 is 33.6 Å². The van der Waals surface area contributed by atoms with E-state index in [0.717, 1.165) is 40.6 Å². The number of aliphatic hydroxyl groups is 1. The molecule has 1 aromatic carbocycles. The van der Waals surface area contributed by atoms with Gasteiger partial charge in [-0.1, -0.05) is 23.9 Å². The number of rotatable bonds is 3. The van der Waals surface area contributed by atoms with E-state index in [1.54, 1.807) is 11.8 Å². The topological polar surface area (TPSA) is 49.0 Å². The van der Waals surface area contributed by atoms with E-state index in [1.807, 2.05) is 13.0 Å². The number of aliphatic hydroxyl groups excluding tert-OH is 1. The third-order valence-electron chi connectivity index (χ3n) is 3.81. The average molecular weight is 300 g/mol. The van der Waals surface area contributed by atoms with Gasteiger partial charge in [-0.15, -0.1) is 0 Å². The minimum absolute atomic E-state index is 0.162. The van der Waals surface area contributed by atoms with Crippen LogP contribution in [0, 0.1) is 6.92 Å². The number of thioether (sulfide) groups is 1. The predicted octanol–water partition coefficient (Wildman–Crippen LogP) is 3.21. The van der Waals surface area contributed by atoms with Gasteiger partial charge in [0.1, 0.15) is 11.3 Å². The number of hydrogen-bond acceptors (Lipinski definition) is 5. The van der Waals surface area contributed by atoms with Crippen molar-refractivity contribution in [1.29, 1.82) is 0 Å². The van der Waals surface area contributed by atoms with Crippen LogP contribution in [0.5, 0.6) is 0 Å². The summed E-state index contributed by atoms with van der Waals surface area (Å²) in [5.74, 6) is 0.927. The first-order valence-electron chi connectivity index (χ1n) is 7.10. The Balaban J connectivity index is 1.83. The van der Waals surface area contributed by atoms with Crippen LogP contribution in [0.15, 0.2) is 38.6 Å². The number of nitrogens with zero attached hydrogens (tertiary/aromatic N) is 2. The van der Waals surface area contributed by atoms with E-state index in [1.165, 1.54) is 10.6 Å². The van der Waals surface area contributed by atoms with Gasteiger partial charge < -0.3 is 14.4 Å². The van der Waals surface area contributed by atoms with Gasteiger partial charge in [-0.2, -0.15) is 0 Å². The van der Waals surface area contributed by atoms with Crippen LogP contribution in [0.1, 0.15) is 17.7 Å². The molecule has 4 nitrogen and oxygen atoms in total. The van der Waals surface area contributed by atoms with Crippen molar-refractivity contribution in [2.45, 2.75) is 13.3 Å². The predicted molar refractivity (Wildman–Crippen MR) is 86.2 cm³/mol. The molecule has 0 atom stereocenters. The fourth-order valence-electron chi connectivity index (χ4n) is 2.93. The Bertz CT molecular complexity index is 776. The van der Waals surface area contributed by atoms with Gasteiger partial charge in [-0.25, -0.2) is 0 Å². The minimum Gasteiger partial charge on any atom is -0.461 e. The van der Waals surface area contributed by atoms with Gasteiger partial charge in [0.15, 0.2) is 5.17 Å². The van der Waals surface area contributed by atoms with E-state index in [2.05, 4.69) is 28.1 Å². The summed E-state index contributed by atoms with van der Waals surface area (Å²) >= 11 is 1.68. The van der Waals surface area contributed by atoms with Crippen molar-refractivity contribution in [2.75, 3.05) is 19.7 Å². The highest BCUT2D eigenvalue weighted by molar-refractivity contribution is 8.17. The first-order chi connectivity index (χ1) is 10.3. The molecule has 0 unspecified atom stereocenters. The van der Waals surface area contributed by atoms with E-state index >= 15 is 0 Å². The second-order valence-electron chi connectivity index (χ2n) is 5.27. The zero-order valence-electron chi connectivity index (χ0n) is 11.8. The Labute approximate surface area is 127 Å². The molecule has 2 aromatic rings. The minimum atomic E-state index is 0.162. The molecule has 108 valence electrons. The van der Waals surface area contributed by atoms with E-state index in [9.17, 15) is 5.11 Å². The van der Waals surface area contributed by atoms with Gasteiger partial charge in [0, 0.05) is 35.4 Å². The van der Waals surface area contributed by atoms with E-state index in [-0.39, 0.29) is 6.61 Å². The van der Waals surface area contributed by atoms with Crippen LogP contribution in [0.4, 0.5) is 0 Å². The van der Waals surface area contributed by atoms with E-state index < -0.39 is 0 Å². The zero-order chi connectivity index (χ0) is 14.4. The molecular formula is C16H16N2O2S. The summed E-state index contributed by atoms with van der Waals surface area (Å²) in [4.78, 5) is 7.98. The maximum absolute atomic E-state index is 9.31. The van der Waals surface area contributed by atoms with Crippen LogP contribution in [0.25, 0.3) is 16.7 Å². The number of amidine groups is 1. The molecule has 2 aliphatic rings. The molecular weight excluding hydrogens is 284 g/mol. The maximum atomic E-state index is 9.31. The molecule has 0 bridgehead atoms. The molecule has 4 rings (SSSR count). The fraction of sp³-hybridized carbons (Fsp3) is 0.312. The summed E-state index contributed by atoms with van der Waals surface area (Å²) in [6.45, 7) is 3.89. The lowest BCUT2D eigenvalue weighted by atomic mass is 10.1. The van der Waals surface area contributed by atoms with E-state index in [0.29, 0.717) is 6.42 Å². The summed E-state index contributed by atoms with van der Waals surface area (Å²) in [6.07, 6.45) is 0.671. The standard InChI is InChI=1S/C16H16N2O2S/c1-10-8-11-2-3-12(9-13(11)20-10)15-14(4-7-19)21-16-17-5-6-18(15)16/h2-3,8-9,19H,4-7H2,1H3. The Morgan fingerprint density at radius 3 is 3.14 bits per heavy atom. The number of benzene rings is 1. The van der Waals surface area contributed by atoms with Crippen molar-refractivity contribution in [3.8, 4) is 0 Å². The largest absolute Gasteiger partial charge is 0.461 e. The zero-order valence-corrected chi connectivity index (χ0v) is 12.6. The molecule has 1 N–H and O–H groups in total. The Hall–Kier alpha value is -1.72. The van der Waals surface area contributed by atoms with Gasteiger partial charge in [0.05, 0.1) is 12.2 Å². The lowest BCUT2D eigenvalue weighted by Crippen LogP contribution is -2.20. The lowest BCUT2D eigenvalue weighted by Gasteiger charge is -2.17. The van der Waals surface area contributed by atoms with Crippen LogP contribution < -0.4 is 0 Å². The molecule has 0 saturated heterocycles. The number of hydrogen-bond donors (Lipinski definition) is 1. The maximum Gasteiger partial charge on any atom is 0.168 e. The molecule has 5 heteroatoms. The summed E-state index contributed by atoms with van der Waals surface area (Å²) in [6, 6.07) is 8.37. The molecule has 0 spiro atoms. The van der Waals surface area contributed by atoms with Gasteiger partial charge in [-0.05, 0) is 19.1 Å². The number of furan rings is 1. The molecule has 0 saturated carbocycles. The van der Waals surface area contributed by atoms with E-state index in [4.69, 9.17) is 4.42 Å². The van der Waals surface area contributed by atoms with Crippen LogP contribution in [-0.4, -0.2) is 34.9 Å². The molecule has 0 radical (unpaired) electrons. The second kappa shape index (κ2) is 4.93. The smallest absolute Gasteiger partial charge is 0.168 e. The molecule has 0 fully saturated rings. The van der Waals surface area contributed by atoms with Gasteiger partial charge >= 0.3 is 0 Å². The van der Waals surface area contributed by atoms with Crippen molar-refractivity contribution in [3.63, 3.8) is 0 Å². The highest BCUT2D eigenvalue weighted by Crippen LogP contribution is 2.43. The van der Waals surface area contributed by atoms with Crippen molar-refractivity contribution in [2.24, 2.45) is 4.99 Å². The Morgan fingerprint density at radius 1 is 1.38 bits per heavy atom. The Kier molecular flexibility index (Phi) is 3.05. The first kappa shape index (κ1) is 13.0. The third-order valence-corrected chi connectivity index (χ3v) is 4.98. The van der Waals surface area contributed by atoms with Gasteiger partial charge in [0.25, 0.3) is 0 Å². The first-order valence-corrected chi connectivity index (χ1v) is 7.92. The van der Waals surface area contributed by atoms with Crippen LogP contribution in [0.3, 0.4) is 0 Å². The molecule has 0 amide bonds. The van der Waals surface area contributed by atoms with Crippen molar-refractivity contribution in [1.82, 2.24) is 4.90 Å². The van der Waals surface area contributed by atoms with Crippen molar-refractivity contribution < 1.29 is 9.52 Å². The quantitative estimate of drug-likeness (QED) is 0.945. The van der Waals surface area contributed by atoms with Gasteiger partial charge in [-0.3, -0.25) is 4.99 Å². The summed E-state index contributed by atoms with van der Waals surface area (Å²) in [7, 11) is 0. The monoisotopic (exact) mass is 300 g/mol. The normalized spacial score (nSPS) is 17.8. The molecule has 21 heavy (non-hydrogen) atoms. The lowest BCUT2D eigenvalue weighted by molar-refractivity contribution is 0.301. The summed E-state index contributed by atoms with van der Waals surface area (Å²) in [5.41, 5.74) is 3.23. The van der Waals surface area contributed by atoms with Crippen LogP contribution in [0.2, 0.25) is 0 Å². The van der Waals surface area contributed by atoms with Crippen molar-refractivity contribution in [3.05, 3.63) is 40.5 Å². The number of aryl methyl sites for hydroxylation is 1.